The molecule has 0 aromatic rings. The average Bonchev–Trinajstić information content (AvgIpc) is 2.17. The summed E-state index contributed by atoms with van der Waals surface area (Å²) < 4.78 is 9.23. The molecule has 2 N–H and O–H groups in total. The van der Waals surface area contributed by atoms with Gasteiger partial charge in [-0.25, -0.2) is 0 Å². The number of rotatable bonds is 8. The van der Waals surface area contributed by atoms with Crippen molar-refractivity contribution in [1.82, 2.24) is 5.32 Å². The second-order valence-electron chi connectivity index (χ2n) is 2.97. The van der Waals surface area contributed by atoms with Gasteiger partial charge >= 0.3 is 5.97 Å². The van der Waals surface area contributed by atoms with Crippen LogP contribution in [0.4, 0.5) is 0 Å². The molecule has 0 saturated carbocycles. The molecule has 84 valence electrons. The van der Waals surface area contributed by atoms with Crippen molar-refractivity contribution < 1.29 is 19.4 Å². The number of hydrogen-bond donors (Lipinski definition) is 2. The highest BCUT2D eigenvalue weighted by atomic mass is 16.5. The zero-order valence-electron chi connectivity index (χ0n) is 8.78. The molecule has 0 fully saturated rings. The van der Waals surface area contributed by atoms with Gasteiger partial charge in [0, 0.05) is 13.7 Å². The van der Waals surface area contributed by atoms with Crippen LogP contribution in [-0.4, -0.2) is 51.1 Å². The smallest absolute Gasteiger partial charge is 0.306 e. The topological polar surface area (TPSA) is 67.8 Å². The number of ether oxygens (including phenoxy) is 2. The molecule has 0 aliphatic heterocycles. The molecule has 5 heteroatoms. The number of carbonyl (C=O) groups excluding carboxylic acids is 1. The monoisotopic (exact) mass is 205 g/mol. The predicted octanol–water partition coefficient (Wildman–Crippen LogP) is -0.463. The Kier molecular flexibility index (Phi) is 8.51. The van der Waals surface area contributed by atoms with E-state index in [0.717, 1.165) is 0 Å². The van der Waals surface area contributed by atoms with Gasteiger partial charge in [0.15, 0.2) is 0 Å². The molecule has 5 nitrogen and oxygen atoms in total. The van der Waals surface area contributed by atoms with Crippen LogP contribution < -0.4 is 5.32 Å². The zero-order valence-corrected chi connectivity index (χ0v) is 8.78. The van der Waals surface area contributed by atoms with Crippen molar-refractivity contribution in [1.29, 1.82) is 0 Å². The van der Waals surface area contributed by atoms with E-state index in [9.17, 15) is 9.90 Å². The second kappa shape index (κ2) is 8.93. The molecular weight excluding hydrogens is 186 g/mol. The van der Waals surface area contributed by atoms with Crippen LogP contribution >= 0.6 is 0 Å². The van der Waals surface area contributed by atoms with Crippen LogP contribution in [0.1, 0.15) is 12.8 Å². The fourth-order valence-corrected chi connectivity index (χ4v) is 0.962. The highest BCUT2D eigenvalue weighted by Crippen LogP contribution is 1.90. The Morgan fingerprint density at radius 2 is 2.14 bits per heavy atom. The van der Waals surface area contributed by atoms with E-state index >= 15 is 0 Å². The summed E-state index contributed by atoms with van der Waals surface area (Å²) in [6.07, 6.45) is 0.539. The molecule has 0 bridgehead atoms. The number of carbonyl (C=O) groups is 1. The number of aliphatic hydroxyl groups is 1. The molecule has 0 radical (unpaired) electrons. The van der Waals surface area contributed by atoms with Gasteiger partial charge in [0.05, 0.1) is 26.2 Å². The maximum Gasteiger partial charge on any atom is 0.306 e. The summed E-state index contributed by atoms with van der Waals surface area (Å²) in [6, 6.07) is 0. The van der Waals surface area contributed by atoms with Crippen LogP contribution in [0.15, 0.2) is 0 Å². The predicted molar refractivity (Wildman–Crippen MR) is 52.0 cm³/mol. The van der Waals surface area contributed by atoms with E-state index < -0.39 is 6.10 Å². The summed E-state index contributed by atoms with van der Waals surface area (Å²) in [5, 5.41) is 12.3. The molecule has 0 amide bonds. The van der Waals surface area contributed by atoms with E-state index in [0.29, 0.717) is 32.5 Å². The Labute approximate surface area is 84.4 Å². The Bertz CT molecular complexity index is 152. The van der Waals surface area contributed by atoms with Gasteiger partial charge in [-0.15, -0.1) is 0 Å². The van der Waals surface area contributed by atoms with E-state index in [1.165, 1.54) is 7.11 Å². The third kappa shape index (κ3) is 7.97. The minimum absolute atomic E-state index is 0.227. The Morgan fingerprint density at radius 1 is 1.43 bits per heavy atom. The van der Waals surface area contributed by atoms with Gasteiger partial charge in [-0.3, -0.25) is 4.79 Å². The molecule has 0 aliphatic rings. The van der Waals surface area contributed by atoms with Crippen LogP contribution in [0.25, 0.3) is 0 Å². The van der Waals surface area contributed by atoms with Crippen molar-refractivity contribution in [3.05, 3.63) is 0 Å². The average molecular weight is 205 g/mol. The van der Waals surface area contributed by atoms with E-state index in [2.05, 4.69) is 10.1 Å². The normalized spacial score (nSPS) is 12.5. The maximum atomic E-state index is 10.7. The number of nitrogens with one attached hydrogen (secondary N) is 1. The molecule has 0 aliphatic carbocycles. The van der Waals surface area contributed by atoms with Gasteiger partial charge in [-0.05, 0) is 13.0 Å². The standard InChI is InChI=1S/C9H19NO4/c1-13-7-8(11)3-5-10-6-4-9(12)14-2/h8,10-11H,3-7H2,1-2H3. The molecule has 1 unspecified atom stereocenters. The summed E-state index contributed by atoms with van der Waals surface area (Å²) in [6.45, 7) is 1.59. The minimum Gasteiger partial charge on any atom is -0.469 e. The number of methoxy groups -OCH3 is 2. The lowest BCUT2D eigenvalue weighted by atomic mass is 10.2. The van der Waals surface area contributed by atoms with E-state index in [4.69, 9.17) is 4.74 Å². The van der Waals surface area contributed by atoms with Crippen molar-refractivity contribution in [3.63, 3.8) is 0 Å². The largest absolute Gasteiger partial charge is 0.469 e. The van der Waals surface area contributed by atoms with Crippen LogP contribution in [0.3, 0.4) is 0 Å². The Hall–Kier alpha value is -0.650. The Balaban J connectivity index is 3.17. The third-order valence-corrected chi connectivity index (χ3v) is 1.75. The van der Waals surface area contributed by atoms with E-state index in [1.807, 2.05) is 0 Å². The highest BCUT2D eigenvalue weighted by molar-refractivity contribution is 5.69. The fraction of sp³-hybridized carbons (Fsp3) is 0.889. The maximum absolute atomic E-state index is 10.7. The lowest BCUT2D eigenvalue weighted by Crippen LogP contribution is -2.25. The molecular formula is C9H19NO4. The number of esters is 1. The summed E-state index contributed by atoms with van der Waals surface area (Å²) in [5.74, 6) is -0.227. The summed E-state index contributed by atoms with van der Waals surface area (Å²) in [7, 11) is 2.92. The molecule has 0 heterocycles. The lowest BCUT2D eigenvalue weighted by Gasteiger charge is -2.09. The summed E-state index contributed by atoms with van der Waals surface area (Å²) in [5.41, 5.74) is 0. The Morgan fingerprint density at radius 3 is 2.71 bits per heavy atom. The summed E-state index contributed by atoms with van der Waals surface area (Å²) in [4.78, 5) is 10.7. The van der Waals surface area contributed by atoms with E-state index in [1.54, 1.807) is 7.11 Å². The van der Waals surface area contributed by atoms with Crippen molar-refractivity contribution in [2.45, 2.75) is 18.9 Å². The van der Waals surface area contributed by atoms with Crippen molar-refractivity contribution >= 4 is 5.97 Å². The molecule has 0 saturated heterocycles. The molecule has 14 heavy (non-hydrogen) atoms. The van der Waals surface area contributed by atoms with Gasteiger partial charge in [-0.2, -0.15) is 0 Å². The highest BCUT2D eigenvalue weighted by Gasteiger charge is 2.03. The first kappa shape index (κ1) is 13.4. The molecule has 1 atom stereocenters. The van der Waals surface area contributed by atoms with Crippen LogP contribution in [0.5, 0.6) is 0 Å². The molecule has 0 aromatic heterocycles. The van der Waals surface area contributed by atoms with Crippen LogP contribution in [0, 0.1) is 0 Å². The second-order valence-corrected chi connectivity index (χ2v) is 2.97. The first-order chi connectivity index (χ1) is 6.70. The molecule has 0 rings (SSSR count). The van der Waals surface area contributed by atoms with Gasteiger partial charge in [0.25, 0.3) is 0 Å². The SMILES string of the molecule is COCC(O)CCNCCC(=O)OC. The van der Waals surface area contributed by atoms with Crippen LogP contribution in [-0.2, 0) is 14.3 Å². The van der Waals surface area contributed by atoms with Crippen molar-refractivity contribution in [2.75, 3.05) is 33.9 Å². The number of aliphatic hydroxyl groups excluding tert-OH is 1. The molecule has 0 aromatic carbocycles. The fourth-order valence-electron chi connectivity index (χ4n) is 0.962. The van der Waals surface area contributed by atoms with Crippen LogP contribution in [0.2, 0.25) is 0 Å². The van der Waals surface area contributed by atoms with Gasteiger partial charge in [-0.1, -0.05) is 0 Å². The minimum atomic E-state index is -0.439. The van der Waals surface area contributed by atoms with Gasteiger partial charge in [0.1, 0.15) is 0 Å². The van der Waals surface area contributed by atoms with E-state index in [-0.39, 0.29) is 5.97 Å². The lowest BCUT2D eigenvalue weighted by molar-refractivity contribution is -0.140. The first-order valence-corrected chi connectivity index (χ1v) is 4.65. The molecule has 0 spiro atoms. The number of hydrogen-bond acceptors (Lipinski definition) is 5. The first-order valence-electron chi connectivity index (χ1n) is 4.65. The van der Waals surface area contributed by atoms with Crippen molar-refractivity contribution in [3.8, 4) is 0 Å². The van der Waals surface area contributed by atoms with Gasteiger partial charge in [0.2, 0.25) is 0 Å². The zero-order chi connectivity index (χ0) is 10.8. The van der Waals surface area contributed by atoms with Crippen molar-refractivity contribution in [2.24, 2.45) is 0 Å². The third-order valence-electron chi connectivity index (χ3n) is 1.75. The summed E-state index contributed by atoms with van der Waals surface area (Å²) >= 11 is 0. The quantitative estimate of drug-likeness (QED) is 0.414. The van der Waals surface area contributed by atoms with Gasteiger partial charge < -0.3 is 19.9 Å².